The number of aliphatic hydroxyl groups is 1. The number of amides is 2. The van der Waals surface area contributed by atoms with Gasteiger partial charge in [0.05, 0.1) is 10.7 Å². The molecule has 1 unspecified atom stereocenters. The number of carbonyl (C=O) groups is 1. The second-order valence-corrected chi connectivity index (χ2v) is 4.11. The molecule has 4 nitrogen and oxygen atoms in total. The standard InChI is InChI=1S/C11H12ClF3N2O2/c1-2-17(10(16)19)8-6(4-3-5-7(8)12)9(18)11(13,14)15/h3-5,9,18H,2H2,1H3,(H2,16,19). The number of hydrogen-bond donors (Lipinski definition) is 2. The fraction of sp³-hybridized carbons (Fsp3) is 0.364. The first-order chi connectivity index (χ1) is 8.70. The van der Waals surface area contributed by atoms with Crippen LogP contribution in [0.3, 0.4) is 0 Å². The summed E-state index contributed by atoms with van der Waals surface area (Å²) in [5, 5.41) is 9.23. The van der Waals surface area contributed by atoms with Crippen molar-refractivity contribution in [2.24, 2.45) is 5.73 Å². The van der Waals surface area contributed by atoms with E-state index in [1.54, 1.807) is 0 Å². The lowest BCUT2D eigenvalue weighted by Gasteiger charge is -2.26. The highest BCUT2D eigenvalue weighted by atomic mass is 35.5. The van der Waals surface area contributed by atoms with Crippen LogP contribution in [-0.2, 0) is 0 Å². The maximum atomic E-state index is 12.6. The molecule has 0 saturated heterocycles. The number of rotatable bonds is 3. The average Bonchev–Trinajstić information content (AvgIpc) is 2.29. The molecule has 1 atom stereocenters. The molecule has 1 aromatic carbocycles. The highest BCUT2D eigenvalue weighted by Crippen LogP contribution is 2.40. The normalized spacial score (nSPS) is 13.2. The summed E-state index contributed by atoms with van der Waals surface area (Å²) < 4.78 is 37.8. The van der Waals surface area contributed by atoms with Crippen LogP contribution in [0, 0.1) is 0 Å². The molecule has 1 aromatic rings. The van der Waals surface area contributed by atoms with Crippen molar-refractivity contribution in [3.63, 3.8) is 0 Å². The summed E-state index contributed by atoms with van der Waals surface area (Å²) in [6.45, 7) is 1.55. The highest BCUT2D eigenvalue weighted by molar-refractivity contribution is 6.34. The van der Waals surface area contributed by atoms with Gasteiger partial charge in [-0.1, -0.05) is 23.7 Å². The van der Waals surface area contributed by atoms with Crippen LogP contribution in [0.1, 0.15) is 18.6 Å². The number of para-hydroxylation sites is 1. The van der Waals surface area contributed by atoms with E-state index in [4.69, 9.17) is 17.3 Å². The minimum Gasteiger partial charge on any atom is -0.379 e. The minimum atomic E-state index is -4.86. The van der Waals surface area contributed by atoms with Crippen molar-refractivity contribution in [3.05, 3.63) is 28.8 Å². The summed E-state index contributed by atoms with van der Waals surface area (Å²) in [5.41, 5.74) is 4.35. The molecular weight excluding hydrogens is 285 g/mol. The van der Waals surface area contributed by atoms with E-state index in [-0.39, 0.29) is 17.3 Å². The molecule has 2 amide bonds. The van der Waals surface area contributed by atoms with Gasteiger partial charge in [0, 0.05) is 12.1 Å². The van der Waals surface area contributed by atoms with Gasteiger partial charge < -0.3 is 10.8 Å². The first-order valence-electron chi connectivity index (χ1n) is 5.30. The predicted molar refractivity (Wildman–Crippen MR) is 65.1 cm³/mol. The fourth-order valence-corrected chi connectivity index (χ4v) is 1.92. The van der Waals surface area contributed by atoms with Crippen molar-refractivity contribution in [1.29, 1.82) is 0 Å². The molecule has 0 aliphatic heterocycles. The van der Waals surface area contributed by atoms with E-state index in [2.05, 4.69) is 0 Å². The van der Waals surface area contributed by atoms with Crippen LogP contribution in [0.25, 0.3) is 0 Å². The number of nitrogens with zero attached hydrogens (tertiary/aromatic N) is 1. The molecule has 3 N–H and O–H groups in total. The number of carbonyl (C=O) groups excluding carboxylic acids is 1. The maximum Gasteiger partial charge on any atom is 0.418 e. The number of hydrogen-bond acceptors (Lipinski definition) is 2. The summed E-state index contributed by atoms with van der Waals surface area (Å²) in [7, 11) is 0. The van der Waals surface area contributed by atoms with Gasteiger partial charge in [0.2, 0.25) is 0 Å². The third-order valence-corrected chi connectivity index (χ3v) is 2.78. The molecule has 0 saturated carbocycles. The third kappa shape index (κ3) is 3.30. The highest BCUT2D eigenvalue weighted by Gasteiger charge is 2.41. The lowest BCUT2D eigenvalue weighted by molar-refractivity contribution is -0.206. The second-order valence-electron chi connectivity index (χ2n) is 3.70. The van der Waals surface area contributed by atoms with E-state index in [1.165, 1.54) is 19.1 Å². The third-order valence-electron chi connectivity index (χ3n) is 2.47. The number of halogens is 4. The largest absolute Gasteiger partial charge is 0.418 e. The van der Waals surface area contributed by atoms with Gasteiger partial charge in [-0.15, -0.1) is 0 Å². The molecule has 19 heavy (non-hydrogen) atoms. The topological polar surface area (TPSA) is 66.6 Å². The molecule has 8 heteroatoms. The van der Waals surface area contributed by atoms with Crippen LogP contribution >= 0.6 is 11.6 Å². The van der Waals surface area contributed by atoms with Gasteiger partial charge in [-0.05, 0) is 13.0 Å². The molecule has 0 fully saturated rings. The zero-order chi connectivity index (χ0) is 14.8. The van der Waals surface area contributed by atoms with Gasteiger partial charge in [-0.3, -0.25) is 4.90 Å². The van der Waals surface area contributed by atoms with Crippen LogP contribution in [0.4, 0.5) is 23.7 Å². The summed E-state index contributed by atoms with van der Waals surface area (Å²) in [4.78, 5) is 12.1. The van der Waals surface area contributed by atoms with Crippen molar-refractivity contribution in [3.8, 4) is 0 Å². The Kier molecular flexibility index (Phi) is 4.65. The lowest BCUT2D eigenvalue weighted by Crippen LogP contribution is -2.37. The number of benzene rings is 1. The van der Waals surface area contributed by atoms with Gasteiger partial charge in [0.1, 0.15) is 0 Å². The molecule has 0 bridgehead atoms. The Morgan fingerprint density at radius 3 is 2.53 bits per heavy atom. The maximum absolute atomic E-state index is 12.6. The summed E-state index contributed by atoms with van der Waals surface area (Å²) in [6, 6.07) is 2.66. The molecule has 0 aliphatic rings. The number of alkyl halides is 3. The van der Waals surface area contributed by atoms with Crippen LogP contribution in [-0.4, -0.2) is 23.9 Å². The smallest absolute Gasteiger partial charge is 0.379 e. The van der Waals surface area contributed by atoms with Crippen LogP contribution < -0.4 is 10.6 Å². The van der Waals surface area contributed by atoms with Crippen molar-refractivity contribution in [2.75, 3.05) is 11.4 Å². The number of urea groups is 1. The minimum absolute atomic E-state index is 0.0244. The molecule has 106 valence electrons. The molecule has 0 aliphatic carbocycles. The fourth-order valence-electron chi connectivity index (χ4n) is 1.64. The lowest BCUT2D eigenvalue weighted by atomic mass is 10.1. The van der Waals surface area contributed by atoms with Crippen molar-refractivity contribution in [2.45, 2.75) is 19.2 Å². The van der Waals surface area contributed by atoms with E-state index in [9.17, 15) is 23.1 Å². The van der Waals surface area contributed by atoms with Gasteiger partial charge >= 0.3 is 12.2 Å². The van der Waals surface area contributed by atoms with Crippen molar-refractivity contribution >= 4 is 23.3 Å². The predicted octanol–water partition coefficient (Wildman–Crippen LogP) is 2.84. The molecule has 1 rings (SSSR count). The van der Waals surface area contributed by atoms with E-state index in [0.717, 1.165) is 11.0 Å². The average molecular weight is 297 g/mol. The van der Waals surface area contributed by atoms with Gasteiger partial charge in [0.25, 0.3) is 0 Å². The monoisotopic (exact) mass is 296 g/mol. The molecule has 0 aromatic heterocycles. The van der Waals surface area contributed by atoms with Gasteiger partial charge in [0.15, 0.2) is 6.10 Å². The Bertz CT molecular complexity index is 479. The number of aliphatic hydroxyl groups excluding tert-OH is 1. The number of nitrogens with two attached hydrogens (primary N) is 1. The molecule has 0 heterocycles. The second kappa shape index (κ2) is 5.66. The Labute approximate surface area is 112 Å². The zero-order valence-corrected chi connectivity index (χ0v) is 10.7. The quantitative estimate of drug-likeness (QED) is 0.900. The van der Waals surface area contributed by atoms with E-state index >= 15 is 0 Å². The summed E-state index contributed by atoms with van der Waals surface area (Å²) >= 11 is 5.81. The van der Waals surface area contributed by atoms with Crippen LogP contribution in [0.2, 0.25) is 5.02 Å². The Morgan fingerprint density at radius 2 is 2.11 bits per heavy atom. The Hall–Kier alpha value is -1.47. The molecule has 0 spiro atoms. The van der Waals surface area contributed by atoms with Crippen LogP contribution in [0.5, 0.6) is 0 Å². The van der Waals surface area contributed by atoms with E-state index in [0.29, 0.717) is 0 Å². The zero-order valence-electron chi connectivity index (χ0n) is 9.91. The molecule has 0 radical (unpaired) electrons. The van der Waals surface area contributed by atoms with Crippen molar-refractivity contribution < 1.29 is 23.1 Å². The van der Waals surface area contributed by atoms with Crippen LogP contribution in [0.15, 0.2) is 18.2 Å². The summed E-state index contributed by atoms with van der Waals surface area (Å²) in [6.07, 6.45) is -7.61. The number of primary amides is 1. The van der Waals surface area contributed by atoms with E-state index < -0.39 is 23.9 Å². The first-order valence-corrected chi connectivity index (χ1v) is 5.68. The van der Waals surface area contributed by atoms with E-state index in [1.807, 2.05) is 0 Å². The Balaban J connectivity index is 3.42. The summed E-state index contributed by atoms with van der Waals surface area (Å²) in [5.74, 6) is 0. The molecular formula is C11H12ClF3N2O2. The van der Waals surface area contributed by atoms with Gasteiger partial charge in [-0.25, -0.2) is 4.79 Å². The first kappa shape index (κ1) is 15.6. The SMILES string of the molecule is CCN(C(N)=O)c1c(Cl)cccc1C(O)C(F)(F)F. The van der Waals surface area contributed by atoms with Crippen molar-refractivity contribution in [1.82, 2.24) is 0 Å². The van der Waals surface area contributed by atoms with Gasteiger partial charge in [-0.2, -0.15) is 13.2 Å². The Morgan fingerprint density at radius 1 is 1.53 bits per heavy atom. The number of anilines is 1.